The fourth-order valence-electron chi connectivity index (χ4n) is 4.83. The number of hydrogen-bond acceptors (Lipinski definition) is 6. The molecule has 0 spiro atoms. The van der Waals surface area contributed by atoms with Gasteiger partial charge in [0.15, 0.2) is 0 Å². The molecule has 1 atom stereocenters. The van der Waals surface area contributed by atoms with E-state index in [1.165, 1.54) is 5.56 Å². The SMILES string of the molecule is CCc1ccc(C2=CN(C)C(NC(=O)c3ccccc3)c3cnc(OC4CCC(O)CC4)nc32)cc1. The van der Waals surface area contributed by atoms with Gasteiger partial charge in [-0.2, -0.15) is 4.98 Å². The molecular weight excluding hydrogens is 452 g/mol. The van der Waals surface area contributed by atoms with E-state index in [0.717, 1.165) is 54.5 Å². The predicted octanol–water partition coefficient (Wildman–Crippen LogP) is 4.48. The number of hydrogen-bond donors (Lipinski definition) is 2. The molecule has 3 aromatic rings. The van der Waals surface area contributed by atoms with Gasteiger partial charge in [0.25, 0.3) is 5.91 Å². The summed E-state index contributed by atoms with van der Waals surface area (Å²) in [5, 5.41) is 13.0. The second kappa shape index (κ2) is 10.5. The van der Waals surface area contributed by atoms with E-state index in [2.05, 4.69) is 41.5 Å². The highest BCUT2D eigenvalue weighted by molar-refractivity contribution is 5.94. The third-order valence-electron chi connectivity index (χ3n) is 6.98. The summed E-state index contributed by atoms with van der Waals surface area (Å²) < 4.78 is 6.14. The molecule has 2 aliphatic rings. The molecule has 2 aromatic carbocycles. The van der Waals surface area contributed by atoms with Crippen molar-refractivity contribution in [2.75, 3.05) is 7.05 Å². The number of aliphatic hydroxyl groups excluding tert-OH is 1. The zero-order valence-corrected chi connectivity index (χ0v) is 20.7. The fourth-order valence-corrected chi connectivity index (χ4v) is 4.83. The quantitative estimate of drug-likeness (QED) is 0.536. The molecule has 36 heavy (non-hydrogen) atoms. The molecule has 7 heteroatoms. The van der Waals surface area contributed by atoms with E-state index in [1.807, 2.05) is 36.3 Å². The van der Waals surface area contributed by atoms with Gasteiger partial charge in [-0.1, -0.05) is 49.4 Å². The normalized spacial score (nSPS) is 21.4. The first-order valence-corrected chi connectivity index (χ1v) is 12.6. The topological polar surface area (TPSA) is 87.6 Å². The van der Waals surface area contributed by atoms with Gasteiger partial charge in [0.1, 0.15) is 12.3 Å². The largest absolute Gasteiger partial charge is 0.460 e. The molecule has 1 saturated carbocycles. The lowest BCUT2D eigenvalue weighted by atomic mass is 9.94. The lowest BCUT2D eigenvalue weighted by Crippen LogP contribution is -2.39. The molecule has 1 aliphatic carbocycles. The highest BCUT2D eigenvalue weighted by Gasteiger charge is 2.30. The van der Waals surface area contributed by atoms with Crippen LogP contribution in [0.3, 0.4) is 0 Å². The zero-order valence-electron chi connectivity index (χ0n) is 20.7. The minimum Gasteiger partial charge on any atom is -0.460 e. The molecule has 1 aromatic heterocycles. The molecule has 1 unspecified atom stereocenters. The van der Waals surface area contributed by atoms with Gasteiger partial charge in [0.05, 0.1) is 11.8 Å². The highest BCUT2D eigenvalue weighted by Crippen LogP contribution is 2.36. The van der Waals surface area contributed by atoms with Crippen LogP contribution in [0.1, 0.15) is 71.5 Å². The number of aromatic nitrogens is 2. The number of amides is 1. The number of nitrogens with zero attached hydrogens (tertiary/aromatic N) is 3. The van der Waals surface area contributed by atoms with Crippen molar-refractivity contribution >= 4 is 11.5 Å². The number of ether oxygens (including phenoxy) is 1. The molecule has 1 aliphatic heterocycles. The summed E-state index contributed by atoms with van der Waals surface area (Å²) in [4.78, 5) is 24.4. The van der Waals surface area contributed by atoms with Crippen LogP contribution in [0.4, 0.5) is 0 Å². The first-order valence-electron chi connectivity index (χ1n) is 12.6. The number of rotatable bonds is 6. The summed E-state index contributed by atoms with van der Waals surface area (Å²) in [5.74, 6) is -0.163. The average molecular weight is 485 g/mol. The molecule has 0 radical (unpaired) electrons. The third kappa shape index (κ3) is 5.11. The number of aryl methyl sites for hydroxylation is 1. The Morgan fingerprint density at radius 1 is 1.08 bits per heavy atom. The monoisotopic (exact) mass is 484 g/mol. The summed E-state index contributed by atoms with van der Waals surface area (Å²) in [5.41, 5.74) is 5.41. The second-order valence-electron chi connectivity index (χ2n) is 9.51. The number of fused-ring (bicyclic) bond motifs is 1. The van der Waals surface area contributed by atoms with Crippen LogP contribution in [-0.4, -0.2) is 45.1 Å². The average Bonchev–Trinajstić information content (AvgIpc) is 2.92. The van der Waals surface area contributed by atoms with Crippen molar-refractivity contribution in [2.45, 2.75) is 57.4 Å². The van der Waals surface area contributed by atoms with E-state index in [0.29, 0.717) is 11.6 Å². The van der Waals surface area contributed by atoms with E-state index in [1.54, 1.807) is 18.3 Å². The summed E-state index contributed by atoms with van der Waals surface area (Å²) in [6.45, 7) is 2.14. The fraction of sp³-hybridized carbons (Fsp3) is 0.345. The number of benzene rings is 2. The number of nitrogens with one attached hydrogen (secondary N) is 1. The first-order chi connectivity index (χ1) is 17.5. The Labute approximate surface area is 211 Å². The Kier molecular flexibility index (Phi) is 7.00. The molecule has 186 valence electrons. The van der Waals surface area contributed by atoms with Crippen LogP contribution in [0.15, 0.2) is 67.0 Å². The maximum Gasteiger partial charge on any atom is 0.317 e. The van der Waals surface area contributed by atoms with Gasteiger partial charge in [-0.25, -0.2) is 4.98 Å². The van der Waals surface area contributed by atoms with Crippen molar-refractivity contribution in [1.29, 1.82) is 0 Å². The van der Waals surface area contributed by atoms with Gasteiger partial charge in [0, 0.05) is 36.1 Å². The molecule has 2 N–H and O–H groups in total. The molecule has 5 rings (SSSR count). The van der Waals surface area contributed by atoms with Gasteiger partial charge in [-0.05, 0) is 55.4 Å². The van der Waals surface area contributed by atoms with Crippen LogP contribution in [-0.2, 0) is 6.42 Å². The Bertz CT molecular complexity index is 1240. The lowest BCUT2D eigenvalue weighted by Gasteiger charge is -2.34. The minimum atomic E-state index is -0.426. The van der Waals surface area contributed by atoms with Crippen LogP contribution in [0, 0.1) is 0 Å². The molecule has 1 amide bonds. The maximum atomic E-state index is 13.0. The van der Waals surface area contributed by atoms with Gasteiger partial charge >= 0.3 is 6.01 Å². The highest BCUT2D eigenvalue weighted by atomic mass is 16.5. The molecule has 2 heterocycles. The van der Waals surface area contributed by atoms with E-state index in [-0.39, 0.29) is 18.1 Å². The summed E-state index contributed by atoms with van der Waals surface area (Å²) in [6, 6.07) is 18.0. The molecule has 0 saturated heterocycles. The van der Waals surface area contributed by atoms with Crippen molar-refractivity contribution < 1.29 is 14.6 Å². The maximum absolute atomic E-state index is 13.0. The van der Waals surface area contributed by atoms with Crippen molar-refractivity contribution in [3.05, 3.63) is 94.9 Å². The van der Waals surface area contributed by atoms with Gasteiger partial charge < -0.3 is 20.1 Å². The number of aliphatic hydroxyl groups is 1. The van der Waals surface area contributed by atoms with Crippen LogP contribution in [0.2, 0.25) is 0 Å². The van der Waals surface area contributed by atoms with Gasteiger partial charge in [-0.15, -0.1) is 0 Å². The Balaban J connectivity index is 1.48. The van der Waals surface area contributed by atoms with Crippen molar-refractivity contribution in [1.82, 2.24) is 20.2 Å². The molecule has 0 bridgehead atoms. The smallest absolute Gasteiger partial charge is 0.317 e. The number of carbonyl (C=O) groups excluding carboxylic acids is 1. The van der Waals surface area contributed by atoms with Crippen LogP contribution >= 0.6 is 0 Å². The predicted molar refractivity (Wildman–Crippen MR) is 138 cm³/mol. The van der Waals surface area contributed by atoms with E-state index < -0.39 is 6.17 Å². The Hall–Kier alpha value is -3.71. The third-order valence-corrected chi connectivity index (χ3v) is 6.98. The van der Waals surface area contributed by atoms with E-state index >= 15 is 0 Å². The molecule has 1 fully saturated rings. The standard InChI is InChI=1S/C29H32N4O3/c1-3-19-9-11-20(12-10-19)25-18-33(2)27(32-28(35)21-7-5-4-6-8-21)24-17-30-29(31-26(24)25)36-23-15-13-22(34)14-16-23/h4-12,17-18,22-23,27,34H,3,13-16H2,1-2H3,(H,32,35). The summed E-state index contributed by atoms with van der Waals surface area (Å²) in [6.07, 6.45) is 7.07. The van der Waals surface area contributed by atoms with E-state index in [4.69, 9.17) is 9.72 Å². The second-order valence-corrected chi connectivity index (χ2v) is 9.51. The van der Waals surface area contributed by atoms with Gasteiger partial charge in [-0.3, -0.25) is 4.79 Å². The molecule has 7 nitrogen and oxygen atoms in total. The van der Waals surface area contributed by atoms with Crippen LogP contribution < -0.4 is 10.1 Å². The van der Waals surface area contributed by atoms with Crippen molar-refractivity contribution in [3.63, 3.8) is 0 Å². The number of carbonyl (C=O) groups is 1. The minimum absolute atomic E-state index is 0.0115. The van der Waals surface area contributed by atoms with Crippen LogP contribution in [0.5, 0.6) is 6.01 Å². The first kappa shape index (κ1) is 24.0. The van der Waals surface area contributed by atoms with Crippen molar-refractivity contribution in [2.24, 2.45) is 0 Å². The van der Waals surface area contributed by atoms with E-state index in [9.17, 15) is 9.90 Å². The zero-order chi connectivity index (χ0) is 25.1. The Morgan fingerprint density at radius 3 is 2.50 bits per heavy atom. The summed E-state index contributed by atoms with van der Waals surface area (Å²) >= 11 is 0. The van der Waals surface area contributed by atoms with Crippen LogP contribution in [0.25, 0.3) is 5.57 Å². The van der Waals surface area contributed by atoms with Crippen molar-refractivity contribution in [3.8, 4) is 6.01 Å². The van der Waals surface area contributed by atoms with Gasteiger partial charge in [0.2, 0.25) is 0 Å². The Morgan fingerprint density at radius 2 is 1.81 bits per heavy atom. The summed E-state index contributed by atoms with van der Waals surface area (Å²) in [7, 11) is 1.94. The lowest BCUT2D eigenvalue weighted by molar-refractivity contribution is 0.0616. The molecular formula is C29H32N4O3.